The molecule has 0 fully saturated rings. The van der Waals surface area contributed by atoms with E-state index in [9.17, 15) is 4.79 Å². The fraction of sp³-hybridized carbons (Fsp3) is 0.941. The molecule has 1 amide bonds. The minimum Gasteiger partial charge on any atom is -0.337 e. The summed E-state index contributed by atoms with van der Waals surface area (Å²) in [5.74, 6) is 0.384. The van der Waals surface area contributed by atoms with Crippen LogP contribution in [-0.4, -0.2) is 22.9 Å². The third kappa shape index (κ3) is 6.44. The van der Waals surface area contributed by atoms with Crippen molar-refractivity contribution in [2.75, 3.05) is 0 Å². The highest BCUT2D eigenvalue weighted by molar-refractivity contribution is 5.76. The van der Waals surface area contributed by atoms with Gasteiger partial charge in [0.2, 0.25) is 5.91 Å². The van der Waals surface area contributed by atoms with Crippen LogP contribution in [0, 0.1) is 0 Å². The zero-order chi connectivity index (χ0) is 14.7. The second-order valence-electron chi connectivity index (χ2n) is 5.63. The van der Waals surface area contributed by atoms with Crippen molar-refractivity contribution in [1.29, 1.82) is 0 Å². The molecule has 0 radical (unpaired) electrons. The molecule has 0 aliphatic carbocycles. The van der Waals surface area contributed by atoms with Crippen molar-refractivity contribution in [1.82, 2.24) is 4.90 Å². The second kappa shape index (κ2) is 11.3. The Morgan fingerprint density at radius 2 is 1.26 bits per heavy atom. The van der Waals surface area contributed by atoms with Crippen LogP contribution in [0.5, 0.6) is 0 Å². The summed E-state index contributed by atoms with van der Waals surface area (Å²) >= 11 is 0. The summed E-state index contributed by atoms with van der Waals surface area (Å²) in [4.78, 5) is 14.8. The molecule has 0 spiro atoms. The average Bonchev–Trinajstić information content (AvgIpc) is 2.39. The third-order valence-corrected chi connectivity index (χ3v) is 3.88. The first kappa shape index (κ1) is 18.5. The van der Waals surface area contributed by atoms with Crippen LogP contribution in [0.15, 0.2) is 0 Å². The molecule has 0 saturated heterocycles. The van der Waals surface area contributed by atoms with Crippen molar-refractivity contribution in [3.05, 3.63) is 0 Å². The summed E-state index contributed by atoms with van der Waals surface area (Å²) in [5.41, 5.74) is 0. The van der Waals surface area contributed by atoms with Crippen LogP contribution in [0.3, 0.4) is 0 Å². The van der Waals surface area contributed by atoms with Gasteiger partial charge >= 0.3 is 0 Å². The van der Waals surface area contributed by atoms with Gasteiger partial charge in [-0.05, 0) is 32.1 Å². The van der Waals surface area contributed by atoms with E-state index in [0.29, 0.717) is 24.4 Å². The summed E-state index contributed by atoms with van der Waals surface area (Å²) in [7, 11) is 0. The SMILES string of the molecule is CCCC(=O)N(C(CC)CCC)C(CCC)CCC. The molecule has 1 unspecified atom stereocenters. The lowest BCUT2D eigenvalue weighted by Crippen LogP contribution is -2.47. The van der Waals surface area contributed by atoms with E-state index in [-0.39, 0.29) is 0 Å². The summed E-state index contributed by atoms with van der Waals surface area (Å²) in [5, 5.41) is 0. The van der Waals surface area contributed by atoms with Gasteiger partial charge in [0.25, 0.3) is 0 Å². The van der Waals surface area contributed by atoms with Gasteiger partial charge in [-0.3, -0.25) is 4.79 Å². The first-order valence-corrected chi connectivity index (χ1v) is 8.47. The van der Waals surface area contributed by atoms with Gasteiger partial charge in [-0.15, -0.1) is 0 Å². The van der Waals surface area contributed by atoms with Crippen LogP contribution in [-0.2, 0) is 4.79 Å². The molecule has 1 atom stereocenters. The quantitative estimate of drug-likeness (QED) is 0.507. The molecule has 0 saturated carbocycles. The normalized spacial score (nSPS) is 12.7. The van der Waals surface area contributed by atoms with Gasteiger partial charge < -0.3 is 4.90 Å². The molecular formula is C17H35NO. The molecular weight excluding hydrogens is 234 g/mol. The van der Waals surface area contributed by atoms with Crippen LogP contribution in [0.2, 0.25) is 0 Å². The van der Waals surface area contributed by atoms with Gasteiger partial charge in [-0.25, -0.2) is 0 Å². The molecule has 114 valence electrons. The lowest BCUT2D eigenvalue weighted by Gasteiger charge is -2.38. The van der Waals surface area contributed by atoms with Crippen LogP contribution in [0.1, 0.15) is 92.4 Å². The van der Waals surface area contributed by atoms with Crippen LogP contribution in [0.25, 0.3) is 0 Å². The first-order chi connectivity index (χ1) is 9.15. The monoisotopic (exact) mass is 269 g/mol. The van der Waals surface area contributed by atoms with Gasteiger partial charge in [0.05, 0.1) is 0 Å². The molecule has 0 aromatic heterocycles. The Hall–Kier alpha value is -0.530. The molecule has 0 aromatic carbocycles. The largest absolute Gasteiger partial charge is 0.337 e. The molecule has 2 nitrogen and oxygen atoms in total. The van der Waals surface area contributed by atoms with Gasteiger partial charge in [-0.1, -0.05) is 53.9 Å². The topological polar surface area (TPSA) is 20.3 Å². The van der Waals surface area contributed by atoms with E-state index in [1.54, 1.807) is 0 Å². The fourth-order valence-corrected chi connectivity index (χ4v) is 3.01. The lowest BCUT2D eigenvalue weighted by atomic mass is 9.98. The highest BCUT2D eigenvalue weighted by Crippen LogP contribution is 2.22. The predicted octanol–water partition coefficient (Wildman–Crippen LogP) is 5.16. The van der Waals surface area contributed by atoms with Crippen molar-refractivity contribution < 1.29 is 4.79 Å². The maximum absolute atomic E-state index is 12.5. The standard InChI is InChI=1S/C17H35NO/c1-6-11-15(10-5)18(17(19)14-9-4)16(12-7-2)13-8-3/h15-16H,6-14H2,1-5H3. The van der Waals surface area contributed by atoms with E-state index in [4.69, 9.17) is 0 Å². The molecule has 0 aliphatic heterocycles. The van der Waals surface area contributed by atoms with E-state index >= 15 is 0 Å². The van der Waals surface area contributed by atoms with Gasteiger partial charge in [-0.2, -0.15) is 0 Å². The van der Waals surface area contributed by atoms with Crippen molar-refractivity contribution in [3.8, 4) is 0 Å². The molecule has 0 aromatic rings. The second-order valence-corrected chi connectivity index (χ2v) is 5.63. The number of amides is 1. The summed E-state index contributed by atoms with van der Waals surface area (Å²) in [6.07, 6.45) is 9.73. The Morgan fingerprint density at radius 3 is 1.63 bits per heavy atom. The fourth-order valence-electron chi connectivity index (χ4n) is 3.01. The average molecular weight is 269 g/mol. The molecule has 0 N–H and O–H groups in total. The minimum absolute atomic E-state index is 0.384. The van der Waals surface area contributed by atoms with Crippen molar-refractivity contribution in [3.63, 3.8) is 0 Å². The number of hydrogen-bond donors (Lipinski definition) is 0. The summed E-state index contributed by atoms with van der Waals surface area (Å²) < 4.78 is 0. The molecule has 0 rings (SSSR count). The highest BCUT2D eigenvalue weighted by Gasteiger charge is 2.27. The van der Waals surface area contributed by atoms with Crippen molar-refractivity contribution >= 4 is 5.91 Å². The van der Waals surface area contributed by atoms with E-state index in [0.717, 1.165) is 32.1 Å². The maximum Gasteiger partial charge on any atom is 0.223 e. The molecule has 0 bridgehead atoms. The Morgan fingerprint density at radius 1 is 0.789 bits per heavy atom. The molecule has 19 heavy (non-hydrogen) atoms. The lowest BCUT2D eigenvalue weighted by molar-refractivity contribution is -0.137. The van der Waals surface area contributed by atoms with E-state index < -0.39 is 0 Å². The number of hydrogen-bond acceptors (Lipinski definition) is 1. The van der Waals surface area contributed by atoms with E-state index in [2.05, 4.69) is 39.5 Å². The van der Waals surface area contributed by atoms with Crippen molar-refractivity contribution in [2.45, 2.75) is 104 Å². The predicted molar refractivity (Wildman–Crippen MR) is 84.3 cm³/mol. The summed E-state index contributed by atoms with van der Waals surface area (Å²) in [6.45, 7) is 11.0. The first-order valence-electron chi connectivity index (χ1n) is 8.47. The zero-order valence-corrected chi connectivity index (χ0v) is 13.9. The number of nitrogens with zero attached hydrogens (tertiary/aromatic N) is 1. The maximum atomic E-state index is 12.5. The van der Waals surface area contributed by atoms with Crippen LogP contribution < -0.4 is 0 Å². The molecule has 0 heterocycles. The van der Waals surface area contributed by atoms with Crippen LogP contribution in [0.4, 0.5) is 0 Å². The van der Waals surface area contributed by atoms with Gasteiger partial charge in [0.15, 0.2) is 0 Å². The Bertz CT molecular complexity index is 221. The Kier molecular flexibility index (Phi) is 11.0. The zero-order valence-electron chi connectivity index (χ0n) is 13.9. The molecule has 2 heteroatoms. The summed E-state index contributed by atoms with van der Waals surface area (Å²) in [6, 6.07) is 0.915. The van der Waals surface area contributed by atoms with Gasteiger partial charge in [0, 0.05) is 18.5 Å². The highest BCUT2D eigenvalue weighted by atomic mass is 16.2. The smallest absolute Gasteiger partial charge is 0.223 e. The van der Waals surface area contributed by atoms with Crippen molar-refractivity contribution in [2.24, 2.45) is 0 Å². The van der Waals surface area contributed by atoms with E-state index in [1.807, 2.05) is 0 Å². The van der Waals surface area contributed by atoms with Crippen LogP contribution >= 0.6 is 0 Å². The van der Waals surface area contributed by atoms with E-state index in [1.165, 1.54) is 19.3 Å². The molecule has 0 aliphatic rings. The van der Waals surface area contributed by atoms with Gasteiger partial charge in [0.1, 0.15) is 0 Å². The third-order valence-electron chi connectivity index (χ3n) is 3.88. The number of rotatable bonds is 11. The number of carbonyl (C=O) groups excluding carboxylic acids is 1. The minimum atomic E-state index is 0.384. The Labute approximate surface area is 120 Å². The number of carbonyl (C=O) groups is 1. The Balaban J connectivity index is 5.01.